The monoisotopic (exact) mass is 435 g/mol. The Bertz CT molecular complexity index is 1050. The fraction of sp³-hybridized carbons (Fsp3) is 0.409. The van der Waals surface area contributed by atoms with E-state index in [1.54, 1.807) is 18.2 Å². The van der Waals surface area contributed by atoms with Gasteiger partial charge in [0, 0.05) is 17.0 Å². The first-order valence-electron chi connectivity index (χ1n) is 9.77. The molecule has 0 radical (unpaired) electrons. The normalized spacial score (nSPS) is 23.8. The average Bonchev–Trinajstić information content (AvgIpc) is 3.37. The number of hydrogen-bond donors (Lipinski definition) is 1. The summed E-state index contributed by atoms with van der Waals surface area (Å²) in [5, 5.41) is 3.72. The zero-order valence-corrected chi connectivity index (χ0v) is 17.2. The van der Waals surface area contributed by atoms with Crippen LogP contribution < -0.4 is 19.5 Å². The van der Waals surface area contributed by atoms with Crippen molar-refractivity contribution in [3.05, 3.63) is 52.5 Å². The van der Waals surface area contributed by atoms with Gasteiger partial charge in [-0.15, -0.1) is 8.78 Å². The molecule has 2 aliphatic heterocycles. The Kier molecular flexibility index (Phi) is 4.04. The van der Waals surface area contributed by atoms with E-state index in [9.17, 15) is 13.6 Å². The highest BCUT2D eigenvalue weighted by atomic mass is 35.5. The van der Waals surface area contributed by atoms with Crippen molar-refractivity contribution in [2.75, 3.05) is 0 Å². The largest absolute Gasteiger partial charge is 0.586 e. The number of benzene rings is 2. The molecule has 1 aliphatic carbocycles. The lowest BCUT2D eigenvalue weighted by Gasteiger charge is -2.38. The Hall–Kier alpha value is -2.54. The fourth-order valence-electron chi connectivity index (χ4n) is 4.27. The van der Waals surface area contributed by atoms with Gasteiger partial charge in [-0.1, -0.05) is 23.7 Å². The molecule has 3 aliphatic rings. The third-order valence-electron chi connectivity index (χ3n) is 5.88. The third-order valence-corrected chi connectivity index (χ3v) is 6.11. The molecule has 1 amide bonds. The number of amides is 1. The van der Waals surface area contributed by atoms with Crippen molar-refractivity contribution in [1.82, 2.24) is 5.32 Å². The number of carbonyl (C=O) groups excluding carboxylic acids is 1. The van der Waals surface area contributed by atoms with Crippen molar-refractivity contribution in [2.45, 2.75) is 56.5 Å². The van der Waals surface area contributed by atoms with Crippen LogP contribution in [0.1, 0.15) is 50.3 Å². The zero-order valence-electron chi connectivity index (χ0n) is 16.4. The molecule has 1 atom stereocenters. The van der Waals surface area contributed by atoms with E-state index in [2.05, 4.69) is 14.8 Å². The molecule has 5 nitrogen and oxygen atoms in total. The van der Waals surface area contributed by atoms with Crippen LogP contribution in [0.15, 0.2) is 36.4 Å². The van der Waals surface area contributed by atoms with Crippen LogP contribution in [0.3, 0.4) is 0 Å². The smallest absolute Gasteiger partial charge is 0.487 e. The Morgan fingerprint density at radius 1 is 1.03 bits per heavy atom. The van der Waals surface area contributed by atoms with Crippen LogP contribution in [0.25, 0.3) is 0 Å². The molecule has 0 saturated heterocycles. The number of rotatable bonds is 3. The maximum absolute atomic E-state index is 13.3. The average molecular weight is 436 g/mol. The van der Waals surface area contributed by atoms with E-state index >= 15 is 0 Å². The Morgan fingerprint density at radius 3 is 2.50 bits per heavy atom. The van der Waals surface area contributed by atoms with Gasteiger partial charge in [-0.3, -0.25) is 4.79 Å². The molecule has 5 rings (SSSR count). The second kappa shape index (κ2) is 6.23. The van der Waals surface area contributed by atoms with Gasteiger partial charge >= 0.3 is 6.29 Å². The summed E-state index contributed by atoms with van der Waals surface area (Å²) in [7, 11) is 0. The van der Waals surface area contributed by atoms with Crippen LogP contribution in [0.5, 0.6) is 17.2 Å². The van der Waals surface area contributed by atoms with Crippen LogP contribution in [-0.2, 0) is 10.2 Å². The van der Waals surface area contributed by atoms with Gasteiger partial charge in [0.05, 0.1) is 11.5 Å². The van der Waals surface area contributed by atoms with Crippen LogP contribution in [-0.4, -0.2) is 17.8 Å². The number of hydrogen-bond acceptors (Lipinski definition) is 4. The summed E-state index contributed by atoms with van der Waals surface area (Å²) >= 11 is 6.11. The van der Waals surface area contributed by atoms with Gasteiger partial charge in [0.2, 0.25) is 5.91 Å². The van der Waals surface area contributed by atoms with E-state index in [-0.39, 0.29) is 23.4 Å². The molecule has 0 bridgehead atoms. The molecule has 0 aromatic heterocycles. The van der Waals surface area contributed by atoms with Gasteiger partial charge in [-0.25, -0.2) is 0 Å². The van der Waals surface area contributed by atoms with Crippen LogP contribution >= 0.6 is 11.6 Å². The highest BCUT2D eigenvalue weighted by Crippen LogP contribution is 2.52. The van der Waals surface area contributed by atoms with E-state index < -0.39 is 17.3 Å². The number of carbonyl (C=O) groups is 1. The zero-order chi connectivity index (χ0) is 21.3. The van der Waals surface area contributed by atoms with Crippen molar-refractivity contribution in [3.63, 3.8) is 0 Å². The summed E-state index contributed by atoms with van der Waals surface area (Å²) in [6, 6.07) is 9.69. The summed E-state index contributed by atoms with van der Waals surface area (Å²) in [4.78, 5) is 13.3. The predicted molar refractivity (Wildman–Crippen MR) is 105 cm³/mol. The molecule has 0 spiro atoms. The summed E-state index contributed by atoms with van der Waals surface area (Å²) in [6.07, 6.45) is -1.82. The minimum atomic E-state index is -3.68. The summed E-state index contributed by atoms with van der Waals surface area (Å²) in [6.45, 7) is 3.92. The molecule has 1 fully saturated rings. The maximum Gasteiger partial charge on any atom is 0.586 e. The molecule has 1 saturated carbocycles. The number of alkyl halides is 2. The second-order valence-electron chi connectivity index (χ2n) is 8.69. The van der Waals surface area contributed by atoms with Crippen molar-refractivity contribution in [3.8, 4) is 17.2 Å². The van der Waals surface area contributed by atoms with E-state index in [0.29, 0.717) is 35.6 Å². The van der Waals surface area contributed by atoms with Gasteiger partial charge in [0.15, 0.2) is 11.5 Å². The van der Waals surface area contributed by atoms with E-state index in [1.165, 1.54) is 12.1 Å². The van der Waals surface area contributed by atoms with Crippen molar-refractivity contribution >= 4 is 17.5 Å². The van der Waals surface area contributed by atoms with Crippen LogP contribution in [0.2, 0.25) is 5.02 Å². The van der Waals surface area contributed by atoms with Crippen LogP contribution in [0, 0.1) is 0 Å². The molecule has 2 heterocycles. The Morgan fingerprint density at radius 2 is 1.77 bits per heavy atom. The first-order chi connectivity index (χ1) is 14.1. The molecule has 158 valence electrons. The number of halogens is 3. The number of nitrogens with one attached hydrogen (secondary N) is 1. The molecule has 2 aromatic carbocycles. The SMILES string of the molecule is CC1(C)C[C@@H](NC(=O)C2(c3ccc4c(c3)OC(F)(F)O4)CC2)c2ccc(Cl)cc2O1. The number of ether oxygens (including phenoxy) is 3. The van der Waals surface area contributed by atoms with Gasteiger partial charge in [-0.2, -0.15) is 0 Å². The lowest BCUT2D eigenvalue weighted by atomic mass is 9.88. The number of fused-ring (bicyclic) bond motifs is 2. The Balaban J connectivity index is 1.41. The lowest BCUT2D eigenvalue weighted by Crippen LogP contribution is -2.44. The molecular formula is C22H20ClF2NO4. The predicted octanol–water partition coefficient (Wildman–Crippen LogP) is 5.11. The molecule has 0 unspecified atom stereocenters. The summed E-state index contributed by atoms with van der Waals surface area (Å²) in [5.74, 6) is 0.427. The van der Waals surface area contributed by atoms with E-state index in [1.807, 2.05) is 19.9 Å². The topological polar surface area (TPSA) is 56.8 Å². The molecule has 2 aromatic rings. The molecule has 30 heavy (non-hydrogen) atoms. The van der Waals surface area contributed by atoms with Gasteiger partial charge in [-0.05, 0) is 56.5 Å². The summed E-state index contributed by atoms with van der Waals surface area (Å²) < 4.78 is 41.7. The quantitative estimate of drug-likeness (QED) is 0.727. The minimum Gasteiger partial charge on any atom is -0.487 e. The Labute approximate surface area is 177 Å². The van der Waals surface area contributed by atoms with Crippen molar-refractivity contribution in [2.24, 2.45) is 0 Å². The standard InChI is InChI=1S/C22H20ClF2NO4/c1-20(2)11-15(14-5-4-13(23)10-17(14)28-20)26-19(27)21(7-8-21)12-3-6-16-18(9-12)30-22(24,25)29-16/h3-6,9-10,15H,7-8,11H2,1-2H3,(H,26,27)/t15-/m1/s1. The van der Waals surface area contributed by atoms with E-state index in [4.69, 9.17) is 16.3 Å². The van der Waals surface area contributed by atoms with Crippen LogP contribution in [0.4, 0.5) is 8.78 Å². The second-order valence-corrected chi connectivity index (χ2v) is 9.12. The molecule has 1 N–H and O–H groups in total. The minimum absolute atomic E-state index is 0.0306. The van der Waals surface area contributed by atoms with Gasteiger partial charge in [0.1, 0.15) is 11.4 Å². The van der Waals surface area contributed by atoms with Gasteiger partial charge < -0.3 is 19.5 Å². The highest BCUT2D eigenvalue weighted by molar-refractivity contribution is 6.30. The first kappa shape index (κ1) is 19.4. The lowest BCUT2D eigenvalue weighted by molar-refractivity contribution is -0.286. The third kappa shape index (κ3) is 3.25. The molecule has 8 heteroatoms. The first-order valence-corrected chi connectivity index (χ1v) is 10.1. The summed E-state index contributed by atoms with van der Waals surface area (Å²) in [5.41, 5.74) is 0.276. The van der Waals surface area contributed by atoms with Crippen molar-refractivity contribution < 1.29 is 27.8 Å². The maximum atomic E-state index is 13.3. The highest BCUT2D eigenvalue weighted by Gasteiger charge is 2.53. The van der Waals surface area contributed by atoms with Crippen molar-refractivity contribution in [1.29, 1.82) is 0 Å². The van der Waals surface area contributed by atoms with Gasteiger partial charge in [0.25, 0.3) is 0 Å². The molecular weight excluding hydrogens is 416 g/mol. The van der Waals surface area contributed by atoms with E-state index in [0.717, 1.165) is 5.56 Å². The fourth-order valence-corrected chi connectivity index (χ4v) is 4.43.